The molecular formula is C32H37FN4O3. The molecule has 2 saturated heterocycles. The number of halogens is 1. The summed E-state index contributed by atoms with van der Waals surface area (Å²) in [6.45, 7) is 4.64. The van der Waals surface area contributed by atoms with Crippen molar-refractivity contribution in [2.75, 3.05) is 39.8 Å². The molecule has 2 fully saturated rings. The molecular weight excluding hydrogens is 507 g/mol. The minimum Gasteiger partial charge on any atom is -0.497 e. The SMILES string of the molecule is COc1cccc(CN(Cc2ccccc2)C2CC(C(=O)N3CCCNCC3)N(C(=O)c3ccc(F)cc3)C2)c1. The summed E-state index contributed by atoms with van der Waals surface area (Å²) in [7, 11) is 1.66. The molecule has 0 aromatic heterocycles. The highest BCUT2D eigenvalue weighted by Crippen LogP contribution is 2.29. The molecule has 0 aliphatic carbocycles. The molecule has 40 heavy (non-hydrogen) atoms. The first-order valence-corrected chi connectivity index (χ1v) is 14.0. The van der Waals surface area contributed by atoms with Crippen LogP contribution >= 0.6 is 0 Å². The van der Waals surface area contributed by atoms with E-state index in [-0.39, 0.29) is 17.9 Å². The molecule has 5 rings (SSSR count). The van der Waals surface area contributed by atoms with E-state index in [1.807, 2.05) is 41.3 Å². The van der Waals surface area contributed by atoms with Gasteiger partial charge in [0, 0.05) is 50.9 Å². The molecule has 0 spiro atoms. The van der Waals surface area contributed by atoms with Gasteiger partial charge in [-0.05, 0) is 66.9 Å². The summed E-state index contributed by atoms with van der Waals surface area (Å²) in [5.74, 6) is 0.143. The van der Waals surface area contributed by atoms with Crippen LogP contribution in [0.1, 0.15) is 34.3 Å². The fraction of sp³-hybridized carbons (Fsp3) is 0.375. The average Bonchev–Trinajstić information content (AvgIpc) is 3.25. The van der Waals surface area contributed by atoms with E-state index >= 15 is 0 Å². The summed E-state index contributed by atoms with van der Waals surface area (Å²) in [6.07, 6.45) is 1.41. The van der Waals surface area contributed by atoms with E-state index in [9.17, 15) is 14.0 Å². The first kappa shape index (κ1) is 27.8. The zero-order chi connectivity index (χ0) is 27.9. The minimum atomic E-state index is -0.579. The van der Waals surface area contributed by atoms with Gasteiger partial charge in [-0.2, -0.15) is 0 Å². The molecule has 2 heterocycles. The Morgan fingerprint density at radius 2 is 1.70 bits per heavy atom. The Labute approximate surface area is 235 Å². The Bertz CT molecular complexity index is 1280. The number of amides is 2. The Morgan fingerprint density at radius 3 is 2.48 bits per heavy atom. The summed E-state index contributed by atoms with van der Waals surface area (Å²) < 4.78 is 19.1. The van der Waals surface area contributed by atoms with Crippen LogP contribution in [0, 0.1) is 5.82 Å². The maximum atomic E-state index is 13.9. The van der Waals surface area contributed by atoms with Crippen molar-refractivity contribution in [2.24, 2.45) is 0 Å². The van der Waals surface area contributed by atoms with E-state index in [2.05, 4.69) is 28.4 Å². The second-order valence-corrected chi connectivity index (χ2v) is 10.5. The zero-order valence-corrected chi connectivity index (χ0v) is 23.0. The Morgan fingerprint density at radius 1 is 0.950 bits per heavy atom. The van der Waals surface area contributed by atoms with Gasteiger partial charge < -0.3 is 19.9 Å². The Balaban J connectivity index is 1.45. The summed E-state index contributed by atoms with van der Waals surface area (Å²) >= 11 is 0. The summed E-state index contributed by atoms with van der Waals surface area (Å²) in [5, 5.41) is 3.35. The highest BCUT2D eigenvalue weighted by atomic mass is 19.1. The number of benzene rings is 3. The number of ether oxygens (including phenoxy) is 1. The number of rotatable bonds is 8. The second-order valence-electron chi connectivity index (χ2n) is 10.5. The van der Waals surface area contributed by atoms with Crippen LogP contribution in [-0.4, -0.2) is 78.4 Å². The highest BCUT2D eigenvalue weighted by Gasteiger charge is 2.43. The van der Waals surface area contributed by atoms with Crippen molar-refractivity contribution in [2.45, 2.75) is 38.0 Å². The number of nitrogens with zero attached hydrogens (tertiary/aromatic N) is 3. The monoisotopic (exact) mass is 544 g/mol. The van der Waals surface area contributed by atoms with Gasteiger partial charge in [0.25, 0.3) is 5.91 Å². The van der Waals surface area contributed by atoms with Crippen molar-refractivity contribution < 1.29 is 18.7 Å². The van der Waals surface area contributed by atoms with Crippen LogP contribution < -0.4 is 10.1 Å². The molecule has 2 amide bonds. The summed E-state index contributed by atoms with van der Waals surface area (Å²) in [6, 6.07) is 23.2. The van der Waals surface area contributed by atoms with Crippen LogP contribution in [0.4, 0.5) is 4.39 Å². The van der Waals surface area contributed by atoms with Crippen molar-refractivity contribution in [1.82, 2.24) is 20.0 Å². The number of carbonyl (C=O) groups is 2. The maximum absolute atomic E-state index is 13.9. The Kier molecular flexibility index (Phi) is 9.08. The topological polar surface area (TPSA) is 65.1 Å². The molecule has 2 atom stereocenters. The van der Waals surface area contributed by atoms with Crippen LogP contribution in [0.2, 0.25) is 0 Å². The molecule has 2 unspecified atom stereocenters. The largest absolute Gasteiger partial charge is 0.497 e. The average molecular weight is 545 g/mol. The van der Waals surface area contributed by atoms with Gasteiger partial charge in [0.1, 0.15) is 17.6 Å². The van der Waals surface area contributed by atoms with Crippen molar-refractivity contribution in [1.29, 1.82) is 0 Å². The van der Waals surface area contributed by atoms with Gasteiger partial charge in [-0.1, -0.05) is 42.5 Å². The zero-order valence-electron chi connectivity index (χ0n) is 23.0. The minimum absolute atomic E-state index is 0.0114. The van der Waals surface area contributed by atoms with Gasteiger partial charge in [0.05, 0.1) is 7.11 Å². The predicted octanol–water partition coefficient (Wildman–Crippen LogP) is 3.94. The molecule has 3 aromatic rings. The van der Waals surface area contributed by atoms with Crippen LogP contribution in [0.3, 0.4) is 0 Å². The smallest absolute Gasteiger partial charge is 0.254 e. The second kappa shape index (κ2) is 13.1. The van der Waals surface area contributed by atoms with Crippen molar-refractivity contribution in [3.8, 4) is 5.75 Å². The molecule has 2 aliphatic rings. The number of carbonyl (C=O) groups excluding carboxylic acids is 2. The first-order valence-electron chi connectivity index (χ1n) is 14.0. The van der Waals surface area contributed by atoms with E-state index in [0.717, 1.165) is 36.4 Å². The number of methoxy groups -OCH3 is 1. The Hall–Kier alpha value is -3.75. The highest BCUT2D eigenvalue weighted by molar-refractivity contribution is 5.98. The van der Waals surface area contributed by atoms with E-state index < -0.39 is 11.9 Å². The van der Waals surface area contributed by atoms with E-state index in [0.29, 0.717) is 44.7 Å². The van der Waals surface area contributed by atoms with Gasteiger partial charge in [0.2, 0.25) is 5.91 Å². The lowest BCUT2D eigenvalue weighted by atomic mass is 10.1. The lowest BCUT2D eigenvalue weighted by molar-refractivity contribution is -0.135. The van der Waals surface area contributed by atoms with Crippen molar-refractivity contribution in [3.05, 3.63) is 101 Å². The van der Waals surface area contributed by atoms with Crippen LogP contribution in [0.15, 0.2) is 78.9 Å². The van der Waals surface area contributed by atoms with Gasteiger partial charge in [-0.15, -0.1) is 0 Å². The molecule has 210 valence electrons. The maximum Gasteiger partial charge on any atom is 0.254 e. The quantitative estimate of drug-likeness (QED) is 0.466. The molecule has 0 bridgehead atoms. The fourth-order valence-electron chi connectivity index (χ4n) is 5.71. The third-order valence-electron chi connectivity index (χ3n) is 7.83. The van der Waals surface area contributed by atoms with Gasteiger partial charge >= 0.3 is 0 Å². The van der Waals surface area contributed by atoms with Crippen molar-refractivity contribution >= 4 is 11.8 Å². The van der Waals surface area contributed by atoms with Crippen molar-refractivity contribution in [3.63, 3.8) is 0 Å². The number of hydrogen-bond acceptors (Lipinski definition) is 5. The van der Waals surface area contributed by atoms with Gasteiger partial charge in [-0.25, -0.2) is 4.39 Å². The van der Waals surface area contributed by atoms with E-state index in [1.165, 1.54) is 24.3 Å². The van der Waals surface area contributed by atoms with Crippen LogP contribution in [-0.2, 0) is 17.9 Å². The molecule has 8 heteroatoms. The number of hydrogen-bond donors (Lipinski definition) is 1. The molecule has 3 aromatic carbocycles. The van der Waals surface area contributed by atoms with Gasteiger partial charge in [0.15, 0.2) is 0 Å². The summed E-state index contributed by atoms with van der Waals surface area (Å²) in [5.41, 5.74) is 2.65. The lowest BCUT2D eigenvalue weighted by Gasteiger charge is -2.29. The van der Waals surface area contributed by atoms with Gasteiger partial charge in [-0.3, -0.25) is 14.5 Å². The number of nitrogens with one attached hydrogen (secondary N) is 1. The number of likely N-dealkylation sites (tertiary alicyclic amines) is 1. The fourth-order valence-corrected chi connectivity index (χ4v) is 5.71. The molecule has 0 saturated carbocycles. The molecule has 2 aliphatic heterocycles. The predicted molar refractivity (Wildman–Crippen MR) is 152 cm³/mol. The first-order chi connectivity index (χ1) is 19.5. The van der Waals surface area contributed by atoms with E-state index in [4.69, 9.17) is 4.74 Å². The van der Waals surface area contributed by atoms with Crippen LogP contribution in [0.25, 0.3) is 0 Å². The normalized spacial score (nSPS) is 19.5. The molecule has 7 nitrogen and oxygen atoms in total. The molecule has 0 radical (unpaired) electrons. The third-order valence-corrected chi connectivity index (χ3v) is 7.83. The van der Waals surface area contributed by atoms with Crippen LogP contribution in [0.5, 0.6) is 5.75 Å². The lowest BCUT2D eigenvalue weighted by Crippen LogP contribution is -2.48. The standard InChI is InChI=1S/C32H37FN4O3/c1-40-29-10-5-9-25(19-29)22-36(21-24-7-3-2-4-8-24)28-20-30(32(39)35-17-6-15-34-16-18-35)37(23-28)31(38)26-11-13-27(33)14-12-26/h2-5,7-14,19,28,30,34H,6,15-18,20-23H2,1H3. The van der Waals surface area contributed by atoms with E-state index in [1.54, 1.807) is 12.0 Å². The molecule has 1 N–H and O–H groups in total. The third kappa shape index (κ3) is 6.69. The summed E-state index contributed by atoms with van der Waals surface area (Å²) in [4.78, 5) is 33.7.